The molecule has 3 heteroatoms. The van der Waals surface area contributed by atoms with Gasteiger partial charge in [-0.3, -0.25) is 0 Å². The molecule has 0 saturated heterocycles. The second-order valence-corrected chi connectivity index (χ2v) is 4.92. The average molecular weight is 230 g/mol. The third-order valence-electron chi connectivity index (χ3n) is 3.74. The van der Waals surface area contributed by atoms with Gasteiger partial charge < -0.3 is 10.3 Å². The van der Waals surface area contributed by atoms with Crippen LogP contribution in [-0.2, 0) is 6.42 Å². The van der Waals surface area contributed by atoms with Crippen LogP contribution < -0.4 is 5.73 Å². The first-order valence-electron chi connectivity index (χ1n) is 6.47. The third kappa shape index (κ3) is 1.95. The standard InChI is InChI=1S/C14H18N2O/c15-8-7-10-5-6-13-12(9-10)14(16-17-13)11-3-1-2-4-11/h5-6,9,11H,1-4,7-8,15H2. The molecule has 1 aromatic heterocycles. The summed E-state index contributed by atoms with van der Waals surface area (Å²) < 4.78 is 5.41. The lowest BCUT2D eigenvalue weighted by Crippen LogP contribution is -2.02. The summed E-state index contributed by atoms with van der Waals surface area (Å²) in [6.07, 6.45) is 6.07. The molecule has 0 spiro atoms. The van der Waals surface area contributed by atoms with E-state index in [1.807, 2.05) is 6.07 Å². The lowest BCUT2D eigenvalue weighted by Gasteiger charge is -2.04. The molecule has 0 atom stereocenters. The average Bonchev–Trinajstić information content (AvgIpc) is 2.96. The molecule has 3 nitrogen and oxygen atoms in total. The first-order valence-corrected chi connectivity index (χ1v) is 6.47. The Kier molecular flexibility index (Phi) is 2.85. The van der Waals surface area contributed by atoms with Gasteiger partial charge in [0.1, 0.15) is 0 Å². The normalized spacial score (nSPS) is 17.0. The highest BCUT2D eigenvalue weighted by molar-refractivity contribution is 5.80. The van der Waals surface area contributed by atoms with Crippen molar-refractivity contribution in [1.29, 1.82) is 0 Å². The molecular formula is C14H18N2O. The number of hydrogen-bond acceptors (Lipinski definition) is 3. The molecule has 0 aliphatic heterocycles. The lowest BCUT2D eigenvalue weighted by atomic mass is 9.99. The summed E-state index contributed by atoms with van der Waals surface area (Å²) in [5.41, 5.74) is 8.95. The first-order chi connectivity index (χ1) is 8.38. The van der Waals surface area contributed by atoms with Gasteiger partial charge in [0.25, 0.3) is 0 Å². The maximum absolute atomic E-state index is 5.60. The van der Waals surface area contributed by atoms with E-state index in [-0.39, 0.29) is 0 Å². The summed E-state index contributed by atoms with van der Waals surface area (Å²) in [5.74, 6) is 0.601. The van der Waals surface area contributed by atoms with E-state index in [0.29, 0.717) is 12.5 Å². The Bertz CT molecular complexity index is 512. The minimum atomic E-state index is 0.601. The highest BCUT2D eigenvalue weighted by atomic mass is 16.5. The monoisotopic (exact) mass is 230 g/mol. The third-order valence-corrected chi connectivity index (χ3v) is 3.74. The predicted molar refractivity (Wildman–Crippen MR) is 68.0 cm³/mol. The molecule has 1 saturated carbocycles. The van der Waals surface area contributed by atoms with Crippen molar-refractivity contribution in [2.45, 2.75) is 38.0 Å². The number of nitrogens with two attached hydrogens (primary N) is 1. The second-order valence-electron chi connectivity index (χ2n) is 4.92. The Morgan fingerprint density at radius 2 is 2.12 bits per heavy atom. The van der Waals surface area contributed by atoms with Crippen molar-refractivity contribution in [2.24, 2.45) is 5.73 Å². The van der Waals surface area contributed by atoms with Crippen LogP contribution in [0, 0.1) is 0 Å². The Labute approximate surface area is 101 Å². The van der Waals surface area contributed by atoms with Gasteiger partial charge in [-0.05, 0) is 43.5 Å². The van der Waals surface area contributed by atoms with Crippen LogP contribution in [0.15, 0.2) is 22.7 Å². The van der Waals surface area contributed by atoms with Gasteiger partial charge >= 0.3 is 0 Å². The molecule has 1 aliphatic carbocycles. The summed E-state index contributed by atoms with van der Waals surface area (Å²) in [5, 5.41) is 5.47. The molecule has 1 heterocycles. The number of nitrogens with zero attached hydrogens (tertiary/aromatic N) is 1. The summed E-state index contributed by atoms with van der Waals surface area (Å²) in [6, 6.07) is 6.30. The van der Waals surface area contributed by atoms with Crippen LogP contribution in [0.2, 0.25) is 0 Å². The molecule has 2 N–H and O–H groups in total. The fourth-order valence-corrected chi connectivity index (χ4v) is 2.82. The number of fused-ring (bicyclic) bond motifs is 1. The van der Waals surface area contributed by atoms with Gasteiger partial charge in [0.15, 0.2) is 5.58 Å². The first kappa shape index (κ1) is 10.8. The number of rotatable bonds is 3. The maximum Gasteiger partial charge on any atom is 0.167 e. The van der Waals surface area contributed by atoms with Crippen LogP contribution in [0.1, 0.15) is 42.9 Å². The van der Waals surface area contributed by atoms with Crippen LogP contribution in [0.25, 0.3) is 11.0 Å². The quantitative estimate of drug-likeness (QED) is 0.881. The zero-order valence-corrected chi connectivity index (χ0v) is 9.98. The van der Waals surface area contributed by atoms with Crippen molar-refractivity contribution in [3.05, 3.63) is 29.5 Å². The predicted octanol–water partition coefficient (Wildman–Crippen LogP) is 2.99. The van der Waals surface area contributed by atoms with E-state index >= 15 is 0 Å². The summed E-state index contributed by atoms with van der Waals surface area (Å²) in [4.78, 5) is 0. The van der Waals surface area contributed by atoms with E-state index < -0.39 is 0 Å². The highest BCUT2D eigenvalue weighted by Crippen LogP contribution is 2.37. The second kappa shape index (κ2) is 4.49. The molecule has 1 aromatic carbocycles. The van der Waals surface area contributed by atoms with Gasteiger partial charge in [0, 0.05) is 11.3 Å². The van der Waals surface area contributed by atoms with Gasteiger partial charge in [-0.25, -0.2) is 0 Å². The van der Waals surface area contributed by atoms with Crippen molar-refractivity contribution < 1.29 is 4.52 Å². The smallest absolute Gasteiger partial charge is 0.167 e. The van der Waals surface area contributed by atoms with Crippen LogP contribution in [0.4, 0.5) is 0 Å². The van der Waals surface area contributed by atoms with Crippen molar-refractivity contribution >= 4 is 11.0 Å². The van der Waals surface area contributed by atoms with Crippen LogP contribution in [0.3, 0.4) is 0 Å². The minimum Gasteiger partial charge on any atom is -0.356 e. The Balaban J connectivity index is 2.02. The van der Waals surface area contributed by atoms with Gasteiger partial charge in [-0.1, -0.05) is 24.1 Å². The Hall–Kier alpha value is -1.35. The molecule has 17 heavy (non-hydrogen) atoms. The summed E-state index contributed by atoms with van der Waals surface area (Å²) in [6.45, 7) is 0.690. The van der Waals surface area contributed by atoms with E-state index in [4.69, 9.17) is 10.3 Å². The van der Waals surface area contributed by atoms with Crippen molar-refractivity contribution in [1.82, 2.24) is 5.16 Å². The minimum absolute atomic E-state index is 0.601. The molecule has 1 fully saturated rings. The molecule has 0 bridgehead atoms. The van der Waals surface area contributed by atoms with E-state index in [9.17, 15) is 0 Å². The van der Waals surface area contributed by atoms with Crippen LogP contribution in [0.5, 0.6) is 0 Å². The fourth-order valence-electron chi connectivity index (χ4n) is 2.82. The van der Waals surface area contributed by atoms with Gasteiger partial charge in [-0.15, -0.1) is 0 Å². The summed E-state index contributed by atoms with van der Waals surface area (Å²) >= 11 is 0. The molecule has 0 amide bonds. The number of benzene rings is 1. The molecule has 0 radical (unpaired) electrons. The highest BCUT2D eigenvalue weighted by Gasteiger charge is 2.22. The van der Waals surface area contributed by atoms with Crippen molar-refractivity contribution in [3.8, 4) is 0 Å². The van der Waals surface area contributed by atoms with Crippen molar-refractivity contribution in [3.63, 3.8) is 0 Å². The van der Waals surface area contributed by atoms with Gasteiger partial charge in [0.2, 0.25) is 0 Å². The molecular weight excluding hydrogens is 212 g/mol. The van der Waals surface area contributed by atoms with E-state index in [1.165, 1.54) is 36.6 Å². The summed E-state index contributed by atoms with van der Waals surface area (Å²) in [7, 11) is 0. The SMILES string of the molecule is NCCc1ccc2onc(C3CCCC3)c2c1. The van der Waals surface area contributed by atoms with E-state index in [2.05, 4.69) is 17.3 Å². The zero-order chi connectivity index (χ0) is 11.7. The number of aromatic nitrogens is 1. The Morgan fingerprint density at radius 1 is 1.29 bits per heavy atom. The molecule has 1 aliphatic rings. The largest absolute Gasteiger partial charge is 0.356 e. The van der Waals surface area contributed by atoms with E-state index in [1.54, 1.807) is 0 Å². The topological polar surface area (TPSA) is 52.0 Å². The molecule has 2 aromatic rings. The zero-order valence-electron chi connectivity index (χ0n) is 9.98. The molecule has 90 valence electrons. The fraction of sp³-hybridized carbons (Fsp3) is 0.500. The van der Waals surface area contributed by atoms with Gasteiger partial charge in [-0.2, -0.15) is 0 Å². The molecule has 3 rings (SSSR count). The molecule has 0 unspecified atom stereocenters. The van der Waals surface area contributed by atoms with E-state index in [0.717, 1.165) is 17.7 Å². The Morgan fingerprint density at radius 3 is 2.88 bits per heavy atom. The lowest BCUT2D eigenvalue weighted by molar-refractivity contribution is 0.437. The van der Waals surface area contributed by atoms with Crippen LogP contribution in [-0.4, -0.2) is 11.7 Å². The maximum atomic E-state index is 5.60. The number of hydrogen-bond donors (Lipinski definition) is 1. The van der Waals surface area contributed by atoms with Crippen LogP contribution >= 0.6 is 0 Å². The van der Waals surface area contributed by atoms with Gasteiger partial charge in [0.05, 0.1) is 5.69 Å². The van der Waals surface area contributed by atoms with Crippen molar-refractivity contribution in [2.75, 3.05) is 6.54 Å².